The Balaban J connectivity index is 1.72. The highest BCUT2D eigenvalue weighted by molar-refractivity contribution is 6.24. The zero-order valence-corrected chi connectivity index (χ0v) is 21.4. The molecule has 3 aliphatic heterocycles. The minimum absolute atomic E-state index is 0.0464. The topological polar surface area (TPSA) is 98.9 Å². The second-order valence-corrected chi connectivity index (χ2v) is 11.6. The van der Waals surface area contributed by atoms with Crippen molar-refractivity contribution in [2.24, 2.45) is 5.73 Å². The van der Waals surface area contributed by atoms with Crippen LogP contribution in [0.4, 0.5) is 5.69 Å². The van der Waals surface area contributed by atoms with Crippen molar-refractivity contribution in [3.05, 3.63) is 52.1 Å². The van der Waals surface area contributed by atoms with Gasteiger partial charge in [0.1, 0.15) is 16.7 Å². The molecule has 36 heavy (non-hydrogen) atoms. The minimum Gasteiger partial charge on any atom is -0.462 e. The highest BCUT2D eigenvalue weighted by Crippen LogP contribution is 2.63. The van der Waals surface area contributed by atoms with E-state index < -0.39 is 11.4 Å². The second kappa shape index (κ2) is 7.70. The Labute approximate surface area is 211 Å². The van der Waals surface area contributed by atoms with Gasteiger partial charge in [-0.05, 0) is 43.6 Å². The van der Waals surface area contributed by atoms with Crippen LogP contribution in [0.15, 0.2) is 41.0 Å². The van der Waals surface area contributed by atoms with Crippen LogP contribution in [0.2, 0.25) is 0 Å². The molecule has 0 bridgehead atoms. The first kappa shape index (κ1) is 23.3. The van der Waals surface area contributed by atoms with Gasteiger partial charge in [0.2, 0.25) is 11.8 Å². The molecule has 1 saturated carbocycles. The molecule has 0 unspecified atom stereocenters. The first-order valence-corrected chi connectivity index (χ1v) is 13.3. The van der Waals surface area contributed by atoms with Gasteiger partial charge in [-0.2, -0.15) is 0 Å². The highest BCUT2D eigenvalue weighted by Gasteiger charge is 2.68. The Morgan fingerprint density at radius 3 is 2.53 bits per heavy atom. The zero-order chi connectivity index (χ0) is 25.5. The molecule has 7 heteroatoms. The Morgan fingerprint density at radius 1 is 1.08 bits per heavy atom. The summed E-state index contributed by atoms with van der Waals surface area (Å²) in [6.07, 6.45) is 7.29. The fourth-order valence-corrected chi connectivity index (χ4v) is 7.85. The van der Waals surface area contributed by atoms with E-state index in [2.05, 4.69) is 19.9 Å². The summed E-state index contributed by atoms with van der Waals surface area (Å²) in [6, 6.07) is 5.93. The summed E-state index contributed by atoms with van der Waals surface area (Å²) < 4.78 is 11.4. The van der Waals surface area contributed by atoms with Crippen molar-refractivity contribution in [3.63, 3.8) is 0 Å². The first-order chi connectivity index (χ1) is 17.2. The number of benzene rings is 1. The van der Waals surface area contributed by atoms with Crippen molar-refractivity contribution in [1.29, 1.82) is 0 Å². The number of fused-ring (bicyclic) bond motifs is 3. The summed E-state index contributed by atoms with van der Waals surface area (Å²) in [5, 5.41) is 0. The molecule has 0 radical (unpaired) electrons. The number of allylic oxidation sites excluding steroid dienone is 1. The number of para-hydroxylation sites is 1. The van der Waals surface area contributed by atoms with Crippen molar-refractivity contribution in [3.8, 4) is 0 Å². The molecule has 2 N–H and O–H groups in total. The van der Waals surface area contributed by atoms with Crippen LogP contribution in [-0.2, 0) is 34.7 Å². The predicted octanol–water partition coefficient (Wildman–Crippen LogP) is 4.43. The van der Waals surface area contributed by atoms with Crippen LogP contribution < -0.4 is 10.6 Å². The van der Waals surface area contributed by atoms with Crippen LogP contribution in [0.3, 0.4) is 0 Å². The van der Waals surface area contributed by atoms with E-state index >= 15 is 4.79 Å². The number of nitrogens with zero attached hydrogens (tertiary/aromatic N) is 1. The molecule has 3 heterocycles. The van der Waals surface area contributed by atoms with E-state index in [1.54, 1.807) is 6.92 Å². The lowest BCUT2D eigenvalue weighted by Crippen LogP contribution is -2.61. The summed E-state index contributed by atoms with van der Waals surface area (Å²) in [6.45, 7) is 6.31. The fourth-order valence-electron chi connectivity index (χ4n) is 7.85. The molecule has 2 spiro atoms. The van der Waals surface area contributed by atoms with E-state index in [4.69, 9.17) is 15.2 Å². The lowest BCUT2D eigenvalue weighted by molar-refractivity contribution is -0.141. The largest absolute Gasteiger partial charge is 0.462 e. The third-order valence-electron chi connectivity index (χ3n) is 9.02. The van der Waals surface area contributed by atoms with Gasteiger partial charge in [0.25, 0.3) is 0 Å². The summed E-state index contributed by atoms with van der Waals surface area (Å²) >= 11 is 0. The summed E-state index contributed by atoms with van der Waals surface area (Å²) in [5.41, 5.74) is 7.08. The number of hydrogen-bond donors (Lipinski definition) is 1. The molecule has 1 atom stereocenters. The number of Topliss-reactive ketones (excluding diaryl/α,β-unsaturated/α-hetero) is 1. The molecule has 190 valence electrons. The maximum atomic E-state index is 15.1. The fraction of sp³-hybridized carbons (Fsp3) is 0.552. The van der Waals surface area contributed by atoms with Crippen molar-refractivity contribution in [1.82, 2.24) is 0 Å². The van der Waals surface area contributed by atoms with Gasteiger partial charge in [-0.1, -0.05) is 51.3 Å². The number of anilines is 1. The smallest absolute Gasteiger partial charge is 0.341 e. The average molecular weight is 491 g/mol. The van der Waals surface area contributed by atoms with Gasteiger partial charge in [-0.15, -0.1) is 0 Å². The molecular weight excluding hydrogens is 456 g/mol. The van der Waals surface area contributed by atoms with E-state index in [0.29, 0.717) is 30.6 Å². The second-order valence-electron chi connectivity index (χ2n) is 11.6. The van der Waals surface area contributed by atoms with E-state index in [0.717, 1.165) is 49.8 Å². The Hall–Kier alpha value is -3.09. The predicted molar refractivity (Wildman–Crippen MR) is 134 cm³/mol. The van der Waals surface area contributed by atoms with Crippen molar-refractivity contribution < 1.29 is 23.9 Å². The monoisotopic (exact) mass is 490 g/mol. The zero-order valence-electron chi connectivity index (χ0n) is 21.4. The van der Waals surface area contributed by atoms with Gasteiger partial charge < -0.3 is 20.1 Å². The number of hydrogen-bond acceptors (Lipinski definition) is 6. The molecule has 1 aromatic carbocycles. The van der Waals surface area contributed by atoms with E-state index in [-0.39, 0.29) is 46.3 Å². The molecular formula is C29H34N2O5. The summed E-state index contributed by atoms with van der Waals surface area (Å²) in [7, 11) is 0. The molecule has 1 fully saturated rings. The highest BCUT2D eigenvalue weighted by atomic mass is 16.5. The number of esters is 1. The van der Waals surface area contributed by atoms with Gasteiger partial charge in [0.15, 0.2) is 5.78 Å². The molecule has 7 nitrogen and oxygen atoms in total. The minimum atomic E-state index is -1.64. The summed E-state index contributed by atoms with van der Waals surface area (Å²) in [5.74, 6) is -0.834. The normalized spacial score (nSPS) is 27.8. The van der Waals surface area contributed by atoms with Gasteiger partial charge in [0, 0.05) is 23.9 Å². The Kier molecular flexibility index (Phi) is 4.99. The van der Waals surface area contributed by atoms with Crippen LogP contribution in [-0.4, -0.2) is 29.8 Å². The molecule has 5 aliphatic rings. The quantitative estimate of drug-likeness (QED) is 0.616. The maximum absolute atomic E-state index is 15.1. The molecule has 6 rings (SSSR count). The number of ether oxygens (including phenoxy) is 2. The van der Waals surface area contributed by atoms with Crippen molar-refractivity contribution in [2.45, 2.75) is 94.9 Å². The number of rotatable bonds is 2. The van der Waals surface area contributed by atoms with Gasteiger partial charge in [0.05, 0.1) is 17.9 Å². The maximum Gasteiger partial charge on any atom is 0.341 e. The summed E-state index contributed by atoms with van der Waals surface area (Å²) in [4.78, 5) is 44.3. The Morgan fingerprint density at radius 2 is 1.81 bits per heavy atom. The SMILES string of the molecule is CCOC(=O)C1=C(N)OC2=C(C(=O)CCC2)[C@@]12C(=O)N1c3c(cccc32)C(C)(C)CC12CCCCC2. The number of nitrogens with two attached hydrogens (primary N) is 1. The number of carbonyl (C=O) groups is 3. The van der Waals surface area contributed by atoms with Crippen LogP contribution >= 0.6 is 0 Å². The number of carbonyl (C=O) groups excluding carboxylic acids is 3. The van der Waals surface area contributed by atoms with Gasteiger partial charge in [-0.3, -0.25) is 9.59 Å². The van der Waals surface area contributed by atoms with Crippen LogP contribution in [0, 0.1) is 0 Å². The van der Waals surface area contributed by atoms with Crippen molar-refractivity contribution in [2.75, 3.05) is 11.5 Å². The van der Waals surface area contributed by atoms with Crippen LogP contribution in [0.25, 0.3) is 0 Å². The standard InChI is InChI=1S/C29H34N2O5/c1-4-35-25(33)22-24(30)36-20-13-9-12-19(32)21(20)29(22)18-11-8-10-17-23(18)31(26(29)34)28(16-27(17,2)3)14-6-5-7-15-28/h8,10-11H,4-7,9,12-16,30H2,1-3H3/t29-/m1/s1. The average Bonchev–Trinajstić information content (AvgIpc) is 3.08. The van der Waals surface area contributed by atoms with Crippen molar-refractivity contribution >= 4 is 23.3 Å². The molecule has 1 aromatic rings. The molecule has 2 aliphatic carbocycles. The van der Waals surface area contributed by atoms with Crippen LogP contribution in [0.1, 0.15) is 89.7 Å². The first-order valence-electron chi connectivity index (χ1n) is 13.3. The number of ketones is 1. The van der Waals surface area contributed by atoms with E-state index in [1.807, 2.05) is 17.0 Å². The van der Waals surface area contributed by atoms with Gasteiger partial charge in [-0.25, -0.2) is 4.79 Å². The molecule has 0 aromatic heterocycles. The van der Waals surface area contributed by atoms with E-state index in [1.165, 1.54) is 0 Å². The lowest BCUT2D eigenvalue weighted by Gasteiger charge is -2.54. The lowest BCUT2D eigenvalue weighted by atomic mass is 9.63. The molecule has 1 amide bonds. The van der Waals surface area contributed by atoms with Crippen LogP contribution in [0.5, 0.6) is 0 Å². The Bertz CT molecular complexity index is 1270. The third-order valence-corrected chi connectivity index (χ3v) is 9.02. The molecule has 0 saturated heterocycles. The number of amides is 1. The van der Waals surface area contributed by atoms with E-state index in [9.17, 15) is 9.59 Å². The van der Waals surface area contributed by atoms with Gasteiger partial charge >= 0.3 is 5.97 Å². The third kappa shape index (κ3) is 2.77.